The van der Waals surface area contributed by atoms with Crippen LogP contribution in [0.3, 0.4) is 0 Å². The molecule has 1 N–H and O–H groups in total. The van der Waals surface area contributed by atoms with Crippen molar-refractivity contribution >= 4 is 17.6 Å². The Labute approximate surface area is 153 Å². The fraction of sp³-hybridized carbons (Fsp3) is 0.316. The first kappa shape index (κ1) is 17.6. The highest BCUT2D eigenvalue weighted by Crippen LogP contribution is 2.15. The van der Waals surface area contributed by atoms with E-state index < -0.39 is 0 Å². The van der Waals surface area contributed by atoms with Crippen molar-refractivity contribution in [3.8, 4) is 5.75 Å². The number of rotatable bonds is 5. The molecule has 0 unspecified atom stereocenters. The van der Waals surface area contributed by atoms with Crippen LogP contribution in [0.1, 0.15) is 5.56 Å². The van der Waals surface area contributed by atoms with Crippen molar-refractivity contribution in [2.45, 2.75) is 6.54 Å². The molecule has 0 atom stereocenters. The van der Waals surface area contributed by atoms with Crippen LogP contribution in [0.5, 0.6) is 5.75 Å². The third-order valence-electron chi connectivity index (χ3n) is 4.18. The first-order valence-corrected chi connectivity index (χ1v) is 8.76. The number of halogens is 1. The average Bonchev–Trinajstić information content (AvgIpc) is 2.65. The van der Waals surface area contributed by atoms with E-state index in [1.54, 1.807) is 24.3 Å². The molecule has 1 heterocycles. The molecule has 2 aromatic rings. The molecule has 6 heteroatoms. The fourth-order valence-electron chi connectivity index (χ4n) is 2.77. The van der Waals surface area contributed by atoms with E-state index in [9.17, 15) is 4.79 Å². The van der Waals surface area contributed by atoms with Crippen molar-refractivity contribution in [3.05, 3.63) is 65.2 Å². The highest BCUT2D eigenvalue weighted by molar-refractivity contribution is 6.30. The number of ether oxygens (including phenoxy) is 1. The van der Waals surface area contributed by atoms with Gasteiger partial charge in [-0.15, -0.1) is 0 Å². The van der Waals surface area contributed by atoms with Gasteiger partial charge in [-0.25, -0.2) is 4.79 Å². The number of nitrogens with one attached hydrogen (secondary N) is 1. The lowest BCUT2D eigenvalue weighted by Gasteiger charge is -2.34. The second-order valence-electron chi connectivity index (χ2n) is 5.97. The number of carbonyl (C=O) groups is 1. The lowest BCUT2D eigenvalue weighted by atomic mass is 10.2. The Balaban J connectivity index is 1.37. The van der Waals surface area contributed by atoms with E-state index in [1.165, 1.54) is 5.56 Å². The topological polar surface area (TPSA) is 44.8 Å². The lowest BCUT2D eigenvalue weighted by molar-refractivity contribution is 0.130. The highest BCUT2D eigenvalue weighted by Gasteiger charge is 2.20. The van der Waals surface area contributed by atoms with Gasteiger partial charge in [-0.1, -0.05) is 41.9 Å². The van der Waals surface area contributed by atoms with Crippen molar-refractivity contribution in [1.82, 2.24) is 15.1 Å². The molecule has 0 aromatic heterocycles. The van der Waals surface area contributed by atoms with Crippen LogP contribution < -0.4 is 10.1 Å². The van der Waals surface area contributed by atoms with Gasteiger partial charge in [-0.05, 0) is 29.8 Å². The van der Waals surface area contributed by atoms with Gasteiger partial charge in [0.15, 0.2) is 6.73 Å². The fourth-order valence-corrected chi connectivity index (χ4v) is 2.90. The first-order chi connectivity index (χ1) is 12.2. The largest absolute Gasteiger partial charge is 0.473 e. The summed E-state index contributed by atoms with van der Waals surface area (Å²) in [5.74, 6) is 0.678. The van der Waals surface area contributed by atoms with Gasteiger partial charge >= 0.3 is 6.03 Å². The standard InChI is InChI=1S/C19H22ClN3O2/c20-17-6-8-18(9-7-17)25-15-21-19(24)23-12-10-22(11-13-23)14-16-4-2-1-3-5-16/h1-9H,10-15H2,(H,21,24). The van der Waals surface area contributed by atoms with Gasteiger partial charge in [-0.2, -0.15) is 0 Å². The molecule has 132 valence electrons. The first-order valence-electron chi connectivity index (χ1n) is 8.38. The highest BCUT2D eigenvalue weighted by atomic mass is 35.5. The summed E-state index contributed by atoms with van der Waals surface area (Å²) < 4.78 is 5.49. The van der Waals surface area contributed by atoms with Crippen LogP contribution in [-0.4, -0.2) is 48.7 Å². The van der Waals surface area contributed by atoms with E-state index in [0.717, 1.165) is 32.7 Å². The van der Waals surface area contributed by atoms with Crippen LogP contribution in [0.4, 0.5) is 4.79 Å². The zero-order valence-corrected chi connectivity index (χ0v) is 14.8. The normalized spacial score (nSPS) is 15.0. The van der Waals surface area contributed by atoms with Crippen molar-refractivity contribution in [2.75, 3.05) is 32.9 Å². The van der Waals surface area contributed by atoms with Crippen LogP contribution >= 0.6 is 11.6 Å². The Hall–Kier alpha value is -2.24. The summed E-state index contributed by atoms with van der Waals surface area (Å²) in [6.45, 7) is 4.26. The van der Waals surface area contributed by atoms with Gasteiger partial charge in [0, 0.05) is 37.7 Å². The Morgan fingerprint density at radius 2 is 1.68 bits per heavy atom. The Morgan fingerprint density at radius 1 is 1.00 bits per heavy atom. The van der Waals surface area contributed by atoms with Crippen LogP contribution in [0.2, 0.25) is 5.02 Å². The minimum Gasteiger partial charge on any atom is -0.473 e. The quantitative estimate of drug-likeness (QED) is 0.834. The van der Waals surface area contributed by atoms with Gasteiger partial charge < -0.3 is 15.0 Å². The summed E-state index contributed by atoms with van der Waals surface area (Å²) in [6, 6.07) is 17.4. The molecule has 2 aromatic carbocycles. The van der Waals surface area contributed by atoms with Gasteiger partial charge in [0.25, 0.3) is 0 Å². The molecule has 1 aliphatic heterocycles. The molecule has 0 aliphatic carbocycles. The second kappa shape index (κ2) is 8.74. The molecule has 1 fully saturated rings. The lowest BCUT2D eigenvalue weighted by Crippen LogP contribution is -2.51. The minimum atomic E-state index is -0.0895. The summed E-state index contributed by atoms with van der Waals surface area (Å²) in [4.78, 5) is 16.4. The number of piperazine rings is 1. The Morgan fingerprint density at radius 3 is 2.36 bits per heavy atom. The maximum atomic E-state index is 12.2. The van der Waals surface area contributed by atoms with Crippen molar-refractivity contribution in [2.24, 2.45) is 0 Å². The molecule has 25 heavy (non-hydrogen) atoms. The van der Waals surface area contributed by atoms with Crippen LogP contribution in [0, 0.1) is 0 Å². The zero-order valence-electron chi connectivity index (χ0n) is 14.0. The maximum absolute atomic E-state index is 12.2. The van der Waals surface area contributed by atoms with Gasteiger partial charge in [0.05, 0.1) is 0 Å². The monoisotopic (exact) mass is 359 g/mol. The van der Waals surface area contributed by atoms with Crippen molar-refractivity contribution < 1.29 is 9.53 Å². The maximum Gasteiger partial charge on any atom is 0.320 e. The average molecular weight is 360 g/mol. The predicted octanol–water partition coefficient (Wildman–Crippen LogP) is 3.20. The van der Waals surface area contributed by atoms with E-state index in [4.69, 9.17) is 16.3 Å². The van der Waals surface area contributed by atoms with E-state index in [0.29, 0.717) is 10.8 Å². The second-order valence-corrected chi connectivity index (χ2v) is 6.41. The Kier molecular flexibility index (Phi) is 6.14. The molecule has 1 saturated heterocycles. The number of hydrogen-bond donors (Lipinski definition) is 1. The van der Waals surface area contributed by atoms with Crippen LogP contribution in [0.15, 0.2) is 54.6 Å². The SMILES string of the molecule is O=C(NCOc1ccc(Cl)cc1)N1CCN(Cc2ccccc2)CC1. The molecule has 0 bridgehead atoms. The van der Waals surface area contributed by atoms with Gasteiger partial charge in [0.2, 0.25) is 0 Å². The van der Waals surface area contributed by atoms with Gasteiger partial charge in [-0.3, -0.25) is 4.90 Å². The smallest absolute Gasteiger partial charge is 0.320 e. The minimum absolute atomic E-state index is 0.0895. The summed E-state index contributed by atoms with van der Waals surface area (Å²) >= 11 is 5.82. The molecule has 5 nitrogen and oxygen atoms in total. The van der Waals surface area contributed by atoms with Crippen molar-refractivity contribution in [1.29, 1.82) is 0 Å². The van der Waals surface area contributed by atoms with Crippen molar-refractivity contribution in [3.63, 3.8) is 0 Å². The summed E-state index contributed by atoms with van der Waals surface area (Å²) in [6.07, 6.45) is 0. The third kappa shape index (κ3) is 5.37. The molecule has 1 aliphatic rings. The van der Waals surface area contributed by atoms with Crippen LogP contribution in [0.25, 0.3) is 0 Å². The molecular weight excluding hydrogens is 338 g/mol. The predicted molar refractivity (Wildman–Crippen MR) is 98.8 cm³/mol. The van der Waals surface area contributed by atoms with E-state index in [1.807, 2.05) is 11.0 Å². The molecule has 3 rings (SSSR count). The number of amides is 2. The van der Waals surface area contributed by atoms with Crippen LogP contribution in [-0.2, 0) is 6.54 Å². The Bertz CT molecular complexity index is 671. The molecule has 0 saturated carbocycles. The molecule has 2 amide bonds. The number of carbonyl (C=O) groups excluding carboxylic acids is 1. The summed E-state index contributed by atoms with van der Waals surface area (Å²) in [5.41, 5.74) is 1.30. The van der Waals surface area contributed by atoms with Gasteiger partial charge in [0.1, 0.15) is 5.75 Å². The van der Waals surface area contributed by atoms with E-state index in [-0.39, 0.29) is 12.8 Å². The number of urea groups is 1. The molecule has 0 radical (unpaired) electrons. The number of nitrogens with zero attached hydrogens (tertiary/aromatic N) is 2. The number of hydrogen-bond acceptors (Lipinski definition) is 3. The summed E-state index contributed by atoms with van der Waals surface area (Å²) in [7, 11) is 0. The molecular formula is C19H22ClN3O2. The van der Waals surface area contributed by atoms with E-state index >= 15 is 0 Å². The number of benzene rings is 2. The third-order valence-corrected chi connectivity index (χ3v) is 4.44. The zero-order chi connectivity index (χ0) is 17.5. The summed E-state index contributed by atoms with van der Waals surface area (Å²) in [5, 5.41) is 3.45. The van der Waals surface area contributed by atoms with E-state index in [2.05, 4.69) is 34.5 Å². The molecule has 0 spiro atoms.